The summed E-state index contributed by atoms with van der Waals surface area (Å²) in [5, 5.41) is 22.3. The van der Waals surface area contributed by atoms with Crippen molar-refractivity contribution in [2.75, 3.05) is 17.7 Å². The molecule has 2 heterocycles. The Balaban J connectivity index is 1.59. The minimum Gasteiger partial charge on any atom is -0.496 e. The molecular formula is C26H27N5O4. The highest BCUT2D eigenvalue weighted by atomic mass is 16.6. The first-order valence-corrected chi connectivity index (χ1v) is 11.5. The van der Waals surface area contributed by atoms with E-state index in [0.29, 0.717) is 18.7 Å². The summed E-state index contributed by atoms with van der Waals surface area (Å²) in [7, 11) is 1.58. The summed E-state index contributed by atoms with van der Waals surface area (Å²) in [5.74, 6) is 0.762. The highest BCUT2D eigenvalue weighted by molar-refractivity contribution is 6.01. The normalized spacial score (nSPS) is 18.6. The molecule has 0 saturated heterocycles. The van der Waals surface area contributed by atoms with E-state index in [1.807, 2.05) is 42.5 Å². The Kier molecular flexibility index (Phi) is 5.55. The molecule has 0 radical (unpaired) electrons. The number of hydrogen-bond acceptors (Lipinski definition) is 7. The van der Waals surface area contributed by atoms with Crippen molar-refractivity contribution < 1.29 is 14.5 Å². The molecule has 0 amide bonds. The summed E-state index contributed by atoms with van der Waals surface area (Å²) in [6.07, 6.45) is 3.86. The van der Waals surface area contributed by atoms with Gasteiger partial charge in [0.05, 0.1) is 36.0 Å². The number of aromatic nitrogens is 2. The SMILES string of the molecule is COc1ccc(C2Nc3ccccc3NC3=C2C(=O)CC(C)(C)C3)cc1Cn1cc([N+](=O)[O-])cn1. The minimum absolute atomic E-state index is 0.0709. The van der Waals surface area contributed by atoms with Crippen LogP contribution in [0.2, 0.25) is 0 Å². The van der Waals surface area contributed by atoms with E-state index in [-0.39, 0.29) is 22.9 Å². The zero-order valence-corrected chi connectivity index (χ0v) is 19.9. The van der Waals surface area contributed by atoms with Gasteiger partial charge in [0, 0.05) is 23.3 Å². The molecule has 2 aliphatic rings. The number of hydrogen-bond donors (Lipinski definition) is 2. The van der Waals surface area contributed by atoms with Crippen molar-refractivity contribution in [2.45, 2.75) is 39.3 Å². The van der Waals surface area contributed by atoms with Gasteiger partial charge in [-0.1, -0.05) is 32.0 Å². The van der Waals surface area contributed by atoms with Crippen LogP contribution in [-0.2, 0) is 11.3 Å². The van der Waals surface area contributed by atoms with Crippen molar-refractivity contribution in [1.29, 1.82) is 0 Å². The molecule has 35 heavy (non-hydrogen) atoms. The number of anilines is 2. The molecule has 5 rings (SSSR count). The summed E-state index contributed by atoms with van der Waals surface area (Å²) < 4.78 is 7.07. The standard InChI is InChI=1S/C26H27N5O4/c1-26(2)11-21-24(22(32)12-26)25(29-20-7-5-4-6-19(20)28-21)16-8-9-23(35-3)17(10-16)14-30-15-18(13-27-30)31(33)34/h4-10,13,15,25,28-29H,11-12,14H2,1-3H3. The molecule has 3 aromatic rings. The van der Waals surface area contributed by atoms with Crippen LogP contribution >= 0.6 is 0 Å². The van der Waals surface area contributed by atoms with E-state index in [1.54, 1.807) is 7.11 Å². The molecule has 9 heteroatoms. The second kappa shape index (κ2) is 8.57. The van der Waals surface area contributed by atoms with E-state index in [1.165, 1.54) is 17.1 Å². The number of carbonyl (C=O) groups is 1. The maximum absolute atomic E-state index is 13.5. The zero-order chi connectivity index (χ0) is 24.7. The molecule has 0 fully saturated rings. The van der Waals surface area contributed by atoms with Gasteiger partial charge in [0.15, 0.2) is 5.78 Å². The molecule has 0 saturated carbocycles. The van der Waals surface area contributed by atoms with Crippen LogP contribution in [0.4, 0.5) is 17.1 Å². The summed E-state index contributed by atoms with van der Waals surface area (Å²) in [5.41, 5.74) is 5.04. The largest absolute Gasteiger partial charge is 0.496 e. The van der Waals surface area contributed by atoms with Crippen molar-refractivity contribution in [2.24, 2.45) is 5.41 Å². The van der Waals surface area contributed by atoms with Gasteiger partial charge in [-0.3, -0.25) is 19.6 Å². The summed E-state index contributed by atoms with van der Waals surface area (Å²) >= 11 is 0. The lowest BCUT2D eigenvalue weighted by atomic mass is 9.73. The fraction of sp³-hybridized carbons (Fsp3) is 0.308. The van der Waals surface area contributed by atoms with Crippen LogP contribution in [0.15, 0.2) is 66.1 Å². The number of carbonyl (C=O) groups excluding carboxylic acids is 1. The van der Waals surface area contributed by atoms with Gasteiger partial charge in [0.2, 0.25) is 0 Å². The number of ether oxygens (including phenoxy) is 1. The first-order valence-electron chi connectivity index (χ1n) is 11.5. The number of nitrogens with zero attached hydrogens (tertiary/aromatic N) is 3. The average Bonchev–Trinajstić information content (AvgIpc) is 3.20. The molecule has 1 unspecified atom stereocenters. The zero-order valence-electron chi connectivity index (χ0n) is 19.9. The Morgan fingerprint density at radius 1 is 1.20 bits per heavy atom. The van der Waals surface area contributed by atoms with E-state index < -0.39 is 4.92 Å². The summed E-state index contributed by atoms with van der Waals surface area (Å²) in [6, 6.07) is 13.4. The van der Waals surface area contributed by atoms with Crippen LogP contribution in [0.25, 0.3) is 0 Å². The molecule has 1 aliphatic heterocycles. The Bertz CT molecular complexity index is 1360. The second-order valence-corrected chi connectivity index (χ2v) is 9.81. The average molecular weight is 474 g/mol. The van der Waals surface area contributed by atoms with E-state index in [2.05, 4.69) is 29.6 Å². The fourth-order valence-corrected chi connectivity index (χ4v) is 4.95. The Morgan fingerprint density at radius 3 is 2.69 bits per heavy atom. The monoisotopic (exact) mass is 473 g/mol. The Morgan fingerprint density at radius 2 is 1.97 bits per heavy atom. The summed E-state index contributed by atoms with van der Waals surface area (Å²) in [4.78, 5) is 24.1. The quantitative estimate of drug-likeness (QED) is 0.393. The number of rotatable bonds is 5. The van der Waals surface area contributed by atoms with Crippen molar-refractivity contribution in [3.63, 3.8) is 0 Å². The van der Waals surface area contributed by atoms with Crippen LogP contribution in [0.5, 0.6) is 5.75 Å². The van der Waals surface area contributed by atoms with Crippen LogP contribution in [0.1, 0.15) is 43.9 Å². The second-order valence-electron chi connectivity index (χ2n) is 9.81. The number of allylic oxidation sites excluding steroid dienone is 1. The number of fused-ring (bicyclic) bond motifs is 1. The number of methoxy groups -OCH3 is 1. The molecular weight excluding hydrogens is 446 g/mol. The lowest BCUT2D eigenvalue weighted by Gasteiger charge is -2.34. The highest BCUT2D eigenvalue weighted by Crippen LogP contribution is 2.45. The first kappa shape index (κ1) is 22.6. The van der Waals surface area contributed by atoms with Gasteiger partial charge in [-0.2, -0.15) is 5.10 Å². The third-order valence-corrected chi connectivity index (χ3v) is 6.52. The van der Waals surface area contributed by atoms with Crippen molar-refractivity contribution in [3.8, 4) is 5.75 Å². The van der Waals surface area contributed by atoms with Crippen molar-refractivity contribution in [1.82, 2.24) is 9.78 Å². The fourth-order valence-electron chi connectivity index (χ4n) is 4.95. The lowest BCUT2D eigenvalue weighted by Crippen LogP contribution is -2.31. The van der Waals surface area contributed by atoms with Gasteiger partial charge in [0.25, 0.3) is 0 Å². The molecule has 1 aromatic heterocycles. The van der Waals surface area contributed by atoms with Gasteiger partial charge in [-0.15, -0.1) is 0 Å². The molecule has 180 valence electrons. The van der Waals surface area contributed by atoms with E-state index >= 15 is 0 Å². The molecule has 2 N–H and O–H groups in total. The predicted octanol–water partition coefficient (Wildman–Crippen LogP) is 5.07. The van der Waals surface area contributed by atoms with Crippen molar-refractivity contribution in [3.05, 3.63) is 87.4 Å². The first-order chi connectivity index (χ1) is 16.7. The third-order valence-electron chi connectivity index (χ3n) is 6.52. The van der Waals surface area contributed by atoms with Crippen LogP contribution < -0.4 is 15.4 Å². The van der Waals surface area contributed by atoms with Crippen LogP contribution in [0.3, 0.4) is 0 Å². The van der Waals surface area contributed by atoms with E-state index in [4.69, 9.17) is 4.74 Å². The lowest BCUT2D eigenvalue weighted by molar-refractivity contribution is -0.385. The predicted molar refractivity (Wildman–Crippen MR) is 132 cm³/mol. The van der Waals surface area contributed by atoms with Gasteiger partial charge >= 0.3 is 5.69 Å². The van der Waals surface area contributed by atoms with Gasteiger partial charge in [-0.25, -0.2) is 0 Å². The third kappa shape index (κ3) is 4.37. The van der Waals surface area contributed by atoms with E-state index in [9.17, 15) is 14.9 Å². The molecule has 0 spiro atoms. The number of ketones is 1. The minimum atomic E-state index is -0.471. The summed E-state index contributed by atoms with van der Waals surface area (Å²) in [6.45, 7) is 4.52. The van der Waals surface area contributed by atoms with Gasteiger partial charge < -0.3 is 15.4 Å². The molecule has 1 atom stereocenters. The number of para-hydroxylation sites is 2. The number of Topliss-reactive ketones (excluding diaryl/α,β-unsaturated/α-hetero) is 1. The maximum atomic E-state index is 13.5. The number of nitro groups is 1. The highest BCUT2D eigenvalue weighted by Gasteiger charge is 2.38. The molecule has 1 aliphatic carbocycles. The molecule has 0 bridgehead atoms. The van der Waals surface area contributed by atoms with E-state index in [0.717, 1.165) is 40.2 Å². The number of benzene rings is 2. The Labute approximate surface area is 202 Å². The Hall–Kier alpha value is -4.14. The van der Waals surface area contributed by atoms with Crippen LogP contribution in [0, 0.1) is 15.5 Å². The van der Waals surface area contributed by atoms with Gasteiger partial charge in [-0.05, 0) is 41.7 Å². The van der Waals surface area contributed by atoms with Crippen molar-refractivity contribution >= 4 is 22.8 Å². The number of nitrogens with one attached hydrogen (secondary N) is 2. The molecule has 2 aromatic carbocycles. The maximum Gasteiger partial charge on any atom is 0.307 e. The van der Waals surface area contributed by atoms with Crippen LogP contribution in [-0.4, -0.2) is 27.6 Å². The molecule has 9 nitrogen and oxygen atoms in total. The van der Waals surface area contributed by atoms with Gasteiger partial charge in [0.1, 0.15) is 18.1 Å². The topological polar surface area (TPSA) is 111 Å². The smallest absolute Gasteiger partial charge is 0.307 e.